The van der Waals surface area contributed by atoms with E-state index in [2.05, 4.69) is 20.0 Å². The SMILES string of the molecule is N/C=C(/C(=O)NCc1cc2cccc(C(=O)OCC(F)(F)F)c2o1)c1ncccn1. The zero-order valence-corrected chi connectivity index (χ0v) is 15.3. The first-order valence-corrected chi connectivity index (χ1v) is 8.51. The lowest BCUT2D eigenvalue weighted by atomic mass is 10.1. The number of nitrogens with one attached hydrogen (secondary N) is 1. The molecule has 156 valence electrons. The fourth-order valence-electron chi connectivity index (χ4n) is 2.54. The Balaban J connectivity index is 1.73. The fraction of sp³-hybridized carbons (Fsp3) is 0.158. The molecule has 0 radical (unpaired) electrons. The monoisotopic (exact) mass is 420 g/mol. The molecule has 1 amide bonds. The van der Waals surface area contributed by atoms with Crippen LogP contribution in [0.2, 0.25) is 0 Å². The van der Waals surface area contributed by atoms with Crippen LogP contribution in [0.1, 0.15) is 21.9 Å². The summed E-state index contributed by atoms with van der Waals surface area (Å²) < 4.78 is 46.7. The van der Waals surface area contributed by atoms with Crippen LogP contribution in [0.15, 0.2) is 53.3 Å². The minimum atomic E-state index is -4.64. The third kappa shape index (κ3) is 4.93. The Morgan fingerprint density at radius 1 is 1.20 bits per heavy atom. The number of aromatic nitrogens is 2. The van der Waals surface area contributed by atoms with Gasteiger partial charge in [-0.1, -0.05) is 12.1 Å². The summed E-state index contributed by atoms with van der Waals surface area (Å²) in [6, 6.07) is 7.50. The Morgan fingerprint density at radius 3 is 2.60 bits per heavy atom. The number of furan rings is 1. The number of benzene rings is 1. The van der Waals surface area contributed by atoms with Gasteiger partial charge < -0.3 is 20.2 Å². The number of hydrogen-bond donors (Lipinski definition) is 2. The second kappa shape index (κ2) is 8.64. The van der Waals surface area contributed by atoms with Gasteiger partial charge in [0.2, 0.25) is 0 Å². The zero-order valence-electron chi connectivity index (χ0n) is 15.3. The van der Waals surface area contributed by atoms with E-state index in [1.165, 1.54) is 24.5 Å². The van der Waals surface area contributed by atoms with E-state index in [1.54, 1.807) is 18.2 Å². The number of hydrogen-bond acceptors (Lipinski definition) is 7. The van der Waals surface area contributed by atoms with Crippen molar-refractivity contribution in [3.8, 4) is 0 Å². The number of nitrogens with two attached hydrogens (primary N) is 1. The van der Waals surface area contributed by atoms with Crippen LogP contribution in [0.3, 0.4) is 0 Å². The highest BCUT2D eigenvalue weighted by molar-refractivity contribution is 6.18. The Bertz CT molecular complexity index is 1090. The van der Waals surface area contributed by atoms with Crippen LogP contribution in [0.25, 0.3) is 16.5 Å². The predicted octanol–water partition coefficient (Wildman–Crippen LogP) is 2.56. The van der Waals surface area contributed by atoms with E-state index < -0.39 is 24.7 Å². The lowest BCUT2D eigenvalue weighted by Crippen LogP contribution is -2.25. The molecule has 3 rings (SSSR count). The molecule has 0 fully saturated rings. The van der Waals surface area contributed by atoms with Crippen LogP contribution in [-0.4, -0.2) is 34.6 Å². The van der Waals surface area contributed by atoms with Crippen LogP contribution < -0.4 is 11.1 Å². The van der Waals surface area contributed by atoms with E-state index in [0.717, 1.165) is 6.20 Å². The molecule has 0 aliphatic carbocycles. The molecule has 11 heteroatoms. The quantitative estimate of drug-likeness (QED) is 0.464. The van der Waals surface area contributed by atoms with Gasteiger partial charge >= 0.3 is 12.1 Å². The fourth-order valence-corrected chi connectivity index (χ4v) is 2.54. The highest BCUT2D eigenvalue weighted by Crippen LogP contribution is 2.25. The van der Waals surface area contributed by atoms with Gasteiger partial charge in [-0.05, 0) is 18.2 Å². The smallest absolute Gasteiger partial charge is 0.422 e. The molecule has 0 atom stereocenters. The Morgan fingerprint density at radius 2 is 1.93 bits per heavy atom. The normalized spacial score (nSPS) is 12.0. The van der Waals surface area contributed by atoms with Crippen LogP contribution in [0, 0.1) is 0 Å². The second-order valence-corrected chi connectivity index (χ2v) is 5.96. The number of para-hydroxylation sites is 1. The van der Waals surface area contributed by atoms with Gasteiger partial charge in [-0.3, -0.25) is 4.79 Å². The molecule has 3 N–H and O–H groups in total. The van der Waals surface area contributed by atoms with E-state index >= 15 is 0 Å². The molecule has 0 saturated heterocycles. The molecule has 0 unspecified atom stereocenters. The predicted molar refractivity (Wildman–Crippen MR) is 98.6 cm³/mol. The topological polar surface area (TPSA) is 120 Å². The third-order valence-electron chi connectivity index (χ3n) is 3.82. The van der Waals surface area contributed by atoms with E-state index in [4.69, 9.17) is 10.2 Å². The van der Waals surface area contributed by atoms with E-state index in [1.807, 2.05) is 0 Å². The van der Waals surface area contributed by atoms with Gasteiger partial charge in [0.05, 0.1) is 12.1 Å². The largest absolute Gasteiger partial charge is 0.458 e. The third-order valence-corrected chi connectivity index (χ3v) is 3.82. The molecule has 1 aromatic carbocycles. The van der Waals surface area contributed by atoms with Crippen molar-refractivity contribution >= 4 is 28.4 Å². The van der Waals surface area contributed by atoms with Crippen LogP contribution in [-0.2, 0) is 16.1 Å². The van der Waals surface area contributed by atoms with Crippen molar-refractivity contribution in [3.63, 3.8) is 0 Å². The number of alkyl halides is 3. The molecule has 2 aromatic heterocycles. The van der Waals surface area contributed by atoms with Crippen molar-refractivity contribution in [1.29, 1.82) is 0 Å². The number of fused-ring (bicyclic) bond motifs is 1. The van der Waals surface area contributed by atoms with Crippen molar-refractivity contribution < 1.29 is 31.9 Å². The zero-order chi connectivity index (χ0) is 21.7. The number of carbonyl (C=O) groups is 2. The van der Waals surface area contributed by atoms with E-state index in [0.29, 0.717) is 5.39 Å². The minimum absolute atomic E-state index is 0.0446. The van der Waals surface area contributed by atoms with Gasteiger partial charge in [0.15, 0.2) is 12.4 Å². The average Bonchev–Trinajstić information content (AvgIpc) is 3.14. The van der Waals surface area contributed by atoms with Crippen LogP contribution >= 0.6 is 0 Å². The maximum atomic E-state index is 12.4. The highest BCUT2D eigenvalue weighted by Gasteiger charge is 2.30. The van der Waals surface area contributed by atoms with Gasteiger partial charge in [-0.25, -0.2) is 14.8 Å². The summed E-state index contributed by atoms with van der Waals surface area (Å²) in [7, 11) is 0. The maximum absolute atomic E-state index is 12.4. The molecule has 0 saturated carbocycles. The van der Waals surface area contributed by atoms with Crippen molar-refractivity contribution in [2.75, 3.05) is 6.61 Å². The summed E-state index contributed by atoms with van der Waals surface area (Å²) in [5.74, 6) is -1.33. The van der Waals surface area contributed by atoms with Crippen LogP contribution in [0.4, 0.5) is 13.2 Å². The standard InChI is InChI=1S/C19H15F3N4O4/c20-19(21,22)10-29-18(28)13-4-1-3-11-7-12(30-15(11)13)9-26-17(27)14(8-23)16-24-5-2-6-25-16/h1-8H,9-10,23H2,(H,26,27)/b14-8+. The number of nitrogens with zero attached hydrogens (tertiary/aromatic N) is 2. The summed E-state index contributed by atoms with van der Waals surface area (Å²) >= 11 is 0. The first-order valence-electron chi connectivity index (χ1n) is 8.51. The second-order valence-electron chi connectivity index (χ2n) is 5.96. The number of rotatable bonds is 6. The van der Waals surface area contributed by atoms with Crippen molar-refractivity contribution in [1.82, 2.24) is 15.3 Å². The van der Waals surface area contributed by atoms with Crippen molar-refractivity contribution in [2.45, 2.75) is 12.7 Å². The Hall–Kier alpha value is -3.89. The lowest BCUT2D eigenvalue weighted by molar-refractivity contribution is -0.161. The molecule has 8 nitrogen and oxygen atoms in total. The van der Waals surface area contributed by atoms with Gasteiger partial charge in [-0.15, -0.1) is 0 Å². The summed E-state index contributed by atoms with van der Waals surface area (Å²) in [4.78, 5) is 32.2. The van der Waals surface area contributed by atoms with Gasteiger partial charge in [0.25, 0.3) is 5.91 Å². The number of esters is 1. The molecule has 0 bridgehead atoms. The molecule has 3 aromatic rings. The average molecular weight is 420 g/mol. The summed E-state index contributed by atoms with van der Waals surface area (Å²) in [5, 5.41) is 3.04. The summed E-state index contributed by atoms with van der Waals surface area (Å²) in [6.07, 6.45) is -0.660. The van der Waals surface area contributed by atoms with E-state index in [-0.39, 0.29) is 34.8 Å². The number of ether oxygens (including phenoxy) is 1. The molecular weight excluding hydrogens is 405 g/mol. The number of carbonyl (C=O) groups excluding carboxylic acids is 2. The van der Waals surface area contributed by atoms with Gasteiger partial charge in [0.1, 0.15) is 16.9 Å². The van der Waals surface area contributed by atoms with E-state index in [9.17, 15) is 22.8 Å². The van der Waals surface area contributed by atoms with Crippen molar-refractivity contribution in [3.05, 3.63) is 66.1 Å². The first-order chi connectivity index (χ1) is 14.3. The van der Waals surface area contributed by atoms with Gasteiger partial charge in [-0.2, -0.15) is 13.2 Å². The molecule has 0 aliphatic heterocycles. The van der Waals surface area contributed by atoms with Crippen LogP contribution in [0.5, 0.6) is 0 Å². The molecular formula is C19H15F3N4O4. The molecule has 30 heavy (non-hydrogen) atoms. The van der Waals surface area contributed by atoms with Crippen molar-refractivity contribution in [2.24, 2.45) is 5.73 Å². The summed E-state index contributed by atoms with van der Waals surface area (Å²) in [5.41, 5.74) is 5.43. The molecule has 0 aliphatic rings. The number of amides is 1. The minimum Gasteiger partial charge on any atom is -0.458 e. The Kier molecular flexibility index (Phi) is 6.00. The number of halogens is 3. The maximum Gasteiger partial charge on any atom is 0.422 e. The molecule has 2 heterocycles. The lowest BCUT2D eigenvalue weighted by Gasteiger charge is -2.08. The highest BCUT2D eigenvalue weighted by atomic mass is 19.4. The first kappa shape index (κ1) is 20.8. The Labute approximate surface area is 167 Å². The summed E-state index contributed by atoms with van der Waals surface area (Å²) in [6.45, 7) is -1.78. The molecule has 0 spiro atoms. The van der Waals surface area contributed by atoms with Gasteiger partial charge in [0, 0.05) is 24.0 Å².